The average molecular weight is 327 g/mol. The van der Waals surface area contributed by atoms with Crippen molar-refractivity contribution in [2.24, 2.45) is 0 Å². The van der Waals surface area contributed by atoms with Gasteiger partial charge < -0.3 is 19.7 Å². The first-order valence-corrected chi connectivity index (χ1v) is 8.56. The Kier molecular flexibility index (Phi) is 6.65. The van der Waals surface area contributed by atoms with Crippen LogP contribution in [-0.4, -0.2) is 79.4 Å². The fraction of sp³-hybridized carbons (Fsp3) is 0.875. The van der Waals surface area contributed by atoms with E-state index in [1.54, 1.807) is 11.8 Å². The summed E-state index contributed by atoms with van der Waals surface area (Å²) in [6, 6.07) is 0.143. The molecule has 7 nitrogen and oxygen atoms in total. The van der Waals surface area contributed by atoms with Gasteiger partial charge in [0.1, 0.15) is 0 Å². The number of rotatable bonds is 4. The van der Waals surface area contributed by atoms with E-state index < -0.39 is 0 Å². The van der Waals surface area contributed by atoms with Crippen molar-refractivity contribution in [3.05, 3.63) is 0 Å². The maximum Gasteiger partial charge on any atom is 0.409 e. The molecule has 0 unspecified atom stereocenters. The molecule has 132 valence electrons. The fourth-order valence-corrected chi connectivity index (χ4v) is 3.31. The van der Waals surface area contributed by atoms with Gasteiger partial charge in [-0.05, 0) is 33.6 Å². The topological polar surface area (TPSA) is 71.1 Å². The summed E-state index contributed by atoms with van der Waals surface area (Å²) in [5.74, 6) is 0.0564. The lowest BCUT2D eigenvalue weighted by molar-refractivity contribution is -0.126. The quantitative estimate of drug-likeness (QED) is 0.828. The number of amides is 2. The van der Waals surface area contributed by atoms with Crippen molar-refractivity contribution in [2.45, 2.75) is 51.9 Å². The molecular weight excluding hydrogens is 298 g/mol. The number of carbonyl (C=O) groups excluding carboxylic acids is 2. The predicted octanol–water partition coefficient (Wildman–Crippen LogP) is 0.833. The molecule has 0 bridgehead atoms. The van der Waals surface area contributed by atoms with Crippen molar-refractivity contribution < 1.29 is 19.1 Å². The van der Waals surface area contributed by atoms with Crippen LogP contribution in [0.4, 0.5) is 4.79 Å². The van der Waals surface area contributed by atoms with Crippen LogP contribution in [0.2, 0.25) is 0 Å². The van der Waals surface area contributed by atoms with Gasteiger partial charge in [-0.25, -0.2) is 4.79 Å². The Bertz CT molecular complexity index is 400. The highest BCUT2D eigenvalue weighted by molar-refractivity contribution is 5.78. The van der Waals surface area contributed by atoms with E-state index in [9.17, 15) is 9.59 Å². The van der Waals surface area contributed by atoms with Crippen LogP contribution in [0, 0.1) is 0 Å². The second-order valence-electron chi connectivity index (χ2n) is 6.48. The van der Waals surface area contributed by atoms with E-state index in [1.165, 1.54) is 0 Å². The summed E-state index contributed by atoms with van der Waals surface area (Å²) in [4.78, 5) is 27.7. The molecule has 0 aromatic carbocycles. The highest BCUT2D eigenvalue weighted by Gasteiger charge is 2.27. The molecular formula is C16H29N3O4. The minimum Gasteiger partial charge on any atom is -0.450 e. The number of ether oxygens (including phenoxy) is 2. The van der Waals surface area contributed by atoms with E-state index in [-0.39, 0.29) is 30.3 Å². The predicted molar refractivity (Wildman–Crippen MR) is 86.2 cm³/mol. The Hall–Kier alpha value is -1.34. The third-order valence-electron chi connectivity index (χ3n) is 4.25. The average Bonchev–Trinajstić information content (AvgIpc) is 2.47. The molecule has 2 rings (SSSR count). The number of carbonyl (C=O) groups is 2. The van der Waals surface area contributed by atoms with Gasteiger partial charge in [0.15, 0.2) is 0 Å². The summed E-state index contributed by atoms with van der Waals surface area (Å²) in [7, 11) is 0. The van der Waals surface area contributed by atoms with Crippen LogP contribution in [0.25, 0.3) is 0 Å². The Morgan fingerprint density at radius 3 is 2.35 bits per heavy atom. The lowest BCUT2D eigenvalue weighted by atomic mass is 10.1. The van der Waals surface area contributed by atoms with E-state index in [1.807, 2.05) is 13.8 Å². The van der Waals surface area contributed by atoms with Crippen LogP contribution >= 0.6 is 0 Å². The Balaban J connectivity index is 1.69. The normalized spacial score (nSPS) is 26.8. The van der Waals surface area contributed by atoms with Crippen LogP contribution in [-0.2, 0) is 14.3 Å². The molecule has 7 heteroatoms. The third-order valence-corrected chi connectivity index (χ3v) is 4.25. The summed E-state index contributed by atoms with van der Waals surface area (Å²) < 4.78 is 10.7. The SMILES string of the molecule is CCOC(=O)N1CCC(NC(=O)CN2C[C@H](C)O[C@@H](C)C2)CC1. The number of likely N-dealkylation sites (tertiary alicyclic amines) is 1. The summed E-state index contributed by atoms with van der Waals surface area (Å²) in [5, 5.41) is 3.09. The van der Waals surface area contributed by atoms with Crippen molar-refractivity contribution in [1.29, 1.82) is 0 Å². The molecule has 0 radical (unpaired) electrons. The molecule has 2 saturated heterocycles. The van der Waals surface area contributed by atoms with E-state index >= 15 is 0 Å². The molecule has 0 aromatic rings. The van der Waals surface area contributed by atoms with Crippen molar-refractivity contribution in [3.63, 3.8) is 0 Å². The second-order valence-corrected chi connectivity index (χ2v) is 6.48. The van der Waals surface area contributed by atoms with Crippen LogP contribution < -0.4 is 5.32 Å². The zero-order chi connectivity index (χ0) is 16.8. The van der Waals surface area contributed by atoms with Gasteiger partial charge in [0, 0.05) is 32.2 Å². The van der Waals surface area contributed by atoms with Gasteiger partial charge in [0.05, 0.1) is 25.4 Å². The van der Waals surface area contributed by atoms with Gasteiger partial charge in [-0.2, -0.15) is 0 Å². The van der Waals surface area contributed by atoms with Gasteiger partial charge in [-0.3, -0.25) is 9.69 Å². The zero-order valence-corrected chi connectivity index (χ0v) is 14.4. The number of nitrogens with zero attached hydrogens (tertiary/aromatic N) is 2. The second kappa shape index (κ2) is 8.49. The number of nitrogens with one attached hydrogen (secondary N) is 1. The van der Waals surface area contributed by atoms with Gasteiger partial charge in [-0.15, -0.1) is 0 Å². The molecule has 23 heavy (non-hydrogen) atoms. The summed E-state index contributed by atoms with van der Waals surface area (Å²) in [6.45, 7) is 9.53. The first-order valence-electron chi connectivity index (χ1n) is 8.56. The van der Waals surface area contributed by atoms with Gasteiger partial charge >= 0.3 is 6.09 Å². The van der Waals surface area contributed by atoms with Crippen molar-refractivity contribution in [1.82, 2.24) is 15.1 Å². The molecule has 2 heterocycles. The fourth-order valence-electron chi connectivity index (χ4n) is 3.31. The zero-order valence-electron chi connectivity index (χ0n) is 14.4. The Morgan fingerprint density at radius 1 is 1.17 bits per heavy atom. The molecule has 0 aromatic heterocycles. The number of morpholine rings is 1. The minimum absolute atomic E-state index is 0.0564. The van der Waals surface area contributed by atoms with Crippen molar-refractivity contribution >= 4 is 12.0 Å². The van der Waals surface area contributed by atoms with E-state index in [0.717, 1.165) is 25.9 Å². The minimum atomic E-state index is -0.256. The smallest absolute Gasteiger partial charge is 0.409 e. The first-order chi connectivity index (χ1) is 11.0. The number of hydrogen-bond donors (Lipinski definition) is 1. The maximum absolute atomic E-state index is 12.2. The van der Waals surface area contributed by atoms with Gasteiger partial charge in [0.2, 0.25) is 5.91 Å². The number of hydrogen-bond acceptors (Lipinski definition) is 5. The van der Waals surface area contributed by atoms with E-state index in [0.29, 0.717) is 26.2 Å². The first kappa shape index (κ1) is 18.0. The van der Waals surface area contributed by atoms with Crippen LogP contribution in [0.15, 0.2) is 0 Å². The molecule has 0 spiro atoms. The van der Waals surface area contributed by atoms with Gasteiger partial charge in [-0.1, -0.05) is 0 Å². The maximum atomic E-state index is 12.2. The third kappa shape index (κ3) is 5.66. The molecule has 0 aliphatic carbocycles. The standard InChI is InChI=1S/C16H29N3O4/c1-4-22-16(21)19-7-5-14(6-8-19)17-15(20)11-18-9-12(2)23-13(3)10-18/h12-14H,4-11H2,1-3H3,(H,17,20)/t12-,13-/m0/s1. The van der Waals surface area contributed by atoms with E-state index in [2.05, 4.69) is 10.2 Å². The summed E-state index contributed by atoms with van der Waals surface area (Å²) >= 11 is 0. The summed E-state index contributed by atoms with van der Waals surface area (Å²) in [6.07, 6.45) is 1.63. The van der Waals surface area contributed by atoms with Crippen LogP contribution in [0.5, 0.6) is 0 Å². The Labute approximate surface area is 138 Å². The van der Waals surface area contributed by atoms with Crippen molar-refractivity contribution in [3.8, 4) is 0 Å². The highest BCUT2D eigenvalue weighted by Crippen LogP contribution is 2.13. The molecule has 2 amide bonds. The molecule has 1 N–H and O–H groups in total. The molecule has 2 aliphatic heterocycles. The lowest BCUT2D eigenvalue weighted by Gasteiger charge is -2.35. The lowest BCUT2D eigenvalue weighted by Crippen LogP contribution is -2.52. The highest BCUT2D eigenvalue weighted by atomic mass is 16.6. The molecule has 2 fully saturated rings. The Morgan fingerprint density at radius 2 is 1.78 bits per heavy atom. The molecule has 2 aliphatic rings. The summed E-state index contributed by atoms with van der Waals surface area (Å²) in [5.41, 5.74) is 0. The van der Waals surface area contributed by atoms with Crippen molar-refractivity contribution in [2.75, 3.05) is 39.3 Å². The molecule has 0 saturated carbocycles. The number of piperidine rings is 1. The monoisotopic (exact) mass is 327 g/mol. The largest absolute Gasteiger partial charge is 0.450 e. The van der Waals surface area contributed by atoms with E-state index in [4.69, 9.17) is 9.47 Å². The van der Waals surface area contributed by atoms with Crippen LogP contribution in [0.1, 0.15) is 33.6 Å². The molecule has 2 atom stereocenters. The van der Waals surface area contributed by atoms with Gasteiger partial charge in [0.25, 0.3) is 0 Å². The van der Waals surface area contributed by atoms with Crippen LogP contribution in [0.3, 0.4) is 0 Å².